The number of hydrogen-bond acceptors (Lipinski definition) is 2. The Balaban J connectivity index is 2.71. The summed E-state index contributed by atoms with van der Waals surface area (Å²) in [5.41, 5.74) is 0.978. The number of hydrogen-bond donors (Lipinski definition) is 1. The third-order valence-electron chi connectivity index (χ3n) is 2.92. The van der Waals surface area contributed by atoms with Crippen LogP contribution in [-0.2, 0) is 11.2 Å². The molecule has 100 valence electrons. The van der Waals surface area contributed by atoms with Gasteiger partial charge in [0.25, 0.3) is 5.91 Å². The van der Waals surface area contributed by atoms with Gasteiger partial charge in [-0.15, -0.1) is 0 Å². The van der Waals surface area contributed by atoms with E-state index in [1.165, 1.54) is 0 Å². The molecule has 0 spiro atoms. The lowest BCUT2D eigenvalue weighted by molar-refractivity contribution is -0.143. The first kappa shape index (κ1) is 14.7. The van der Waals surface area contributed by atoms with E-state index in [0.717, 1.165) is 5.56 Å². The van der Waals surface area contributed by atoms with Crippen LogP contribution in [0.25, 0.3) is 0 Å². The Morgan fingerprint density at radius 3 is 2.06 bits per heavy atom. The first-order valence-corrected chi connectivity index (χ1v) is 6.47. The fraction of sp³-hybridized carbons (Fsp3) is 0.533. The first-order chi connectivity index (χ1) is 8.43. The molecule has 18 heavy (non-hydrogen) atoms. The molecule has 0 saturated carbocycles. The van der Waals surface area contributed by atoms with E-state index in [1.807, 2.05) is 58.0 Å². The monoisotopic (exact) mass is 249 g/mol. The zero-order valence-corrected chi connectivity index (χ0v) is 11.6. The molecule has 1 rings (SSSR count). The summed E-state index contributed by atoms with van der Waals surface area (Å²) in [5.74, 6) is -0.191. The van der Waals surface area contributed by atoms with Gasteiger partial charge < -0.3 is 10.0 Å². The summed E-state index contributed by atoms with van der Waals surface area (Å²) >= 11 is 0. The first-order valence-electron chi connectivity index (χ1n) is 6.47. The number of benzene rings is 1. The van der Waals surface area contributed by atoms with Crippen LogP contribution in [-0.4, -0.2) is 34.1 Å². The molecular formula is C15H23NO2. The highest BCUT2D eigenvalue weighted by atomic mass is 16.3. The van der Waals surface area contributed by atoms with E-state index in [1.54, 1.807) is 4.90 Å². The van der Waals surface area contributed by atoms with Crippen molar-refractivity contribution in [2.45, 2.75) is 52.3 Å². The Morgan fingerprint density at radius 1 is 1.11 bits per heavy atom. The highest BCUT2D eigenvalue weighted by Crippen LogP contribution is 2.11. The molecule has 0 aromatic heterocycles. The van der Waals surface area contributed by atoms with Gasteiger partial charge in [0, 0.05) is 18.5 Å². The minimum Gasteiger partial charge on any atom is -0.383 e. The number of rotatable bonds is 5. The van der Waals surface area contributed by atoms with Crippen molar-refractivity contribution in [2.75, 3.05) is 0 Å². The minimum absolute atomic E-state index is 0.0999. The molecule has 1 aromatic carbocycles. The second-order valence-electron chi connectivity index (χ2n) is 5.14. The molecule has 1 unspecified atom stereocenters. The zero-order valence-electron chi connectivity index (χ0n) is 11.6. The molecule has 3 nitrogen and oxygen atoms in total. The summed E-state index contributed by atoms with van der Waals surface area (Å²) in [6.07, 6.45) is -0.590. The van der Waals surface area contributed by atoms with Gasteiger partial charge in [-0.05, 0) is 33.3 Å². The number of aliphatic hydroxyl groups excluding tert-OH is 1. The fourth-order valence-corrected chi connectivity index (χ4v) is 2.20. The van der Waals surface area contributed by atoms with E-state index in [4.69, 9.17) is 0 Å². The number of carbonyl (C=O) groups excluding carboxylic acids is 1. The maximum absolute atomic E-state index is 12.2. The summed E-state index contributed by atoms with van der Waals surface area (Å²) < 4.78 is 0. The topological polar surface area (TPSA) is 40.5 Å². The third-order valence-corrected chi connectivity index (χ3v) is 2.92. The lowest BCUT2D eigenvalue weighted by Gasteiger charge is -2.32. The van der Waals surface area contributed by atoms with E-state index < -0.39 is 6.10 Å². The molecular weight excluding hydrogens is 226 g/mol. The van der Waals surface area contributed by atoms with Crippen molar-refractivity contribution in [1.82, 2.24) is 4.90 Å². The van der Waals surface area contributed by atoms with Crippen molar-refractivity contribution in [2.24, 2.45) is 0 Å². The van der Waals surface area contributed by atoms with Gasteiger partial charge >= 0.3 is 0 Å². The van der Waals surface area contributed by atoms with Gasteiger partial charge in [-0.2, -0.15) is 0 Å². The Morgan fingerprint density at radius 2 is 1.61 bits per heavy atom. The van der Waals surface area contributed by atoms with Gasteiger partial charge in [-0.25, -0.2) is 0 Å². The average Bonchev–Trinajstić information content (AvgIpc) is 2.29. The van der Waals surface area contributed by atoms with Gasteiger partial charge in [0.15, 0.2) is 0 Å². The lowest BCUT2D eigenvalue weighted by Crippen LogP contribution is -2.47. The van der Waals surface area contributed by atoms with Crippen LogP contribution in [0.15, 0.2) is 30.3 Å². The van der Waals surface area contributed by atoms with Crippen LogP contribution < -0.4 is 0 Å². The molecule has 3 heteroatoms. The van der Waals surface area contributed by atoms with Crippen LogP contribution >= 0.6 is 0 Å². The van der Waals surface area contributed by atoms with Crippen molar-refractivity contribution in [1.29, 1.82) is 0 Å². The van der Waals surface area contributed by atoms with Gasteiger partial charge in [-0.3, -0.25) is 4.79 Å². The number of aliphatic hydroxyl groups is 1. The molecule has 0 radical (unpaired) electrons. The highest BCUT2D eigenvalue weighted by molar-refractivity contribution is 5.81. The van der Waals surface area contributed by atoms with Crippen molar-refractivity contribution in [3.63, 3.8) is 0 Å². The standard InChI is InChI=1S/C15H23NO2/c1-11(2)16(12(3)4)15(18)14(17)10-13-8-6-5-7-9-13/h5-9,11-12,14,17H,10H2,1-4H3. The Hall–Kier alpha value is -1.35. The SMILES string of the molecule is CC(C)N(C(=O)C(O)Cc1ccccc1)C(C)C. The Kier molecular flexibility index (Phi) is 5.35. The molecule has 1 aromatic rings. The summed E-state index contributed by atoms with van der Waals surface area (Å²) in [4.78, 5) is 13.9. The average molecular weight is 249 g/mol. The third kappa shape index (κ3) is 3.84. The van der Waals surface area contributed by atoms with Gasteiger partial charge in [-0.1, -0.05) is 30.3 Å². The molecule has 0 bridgehead atoms. The molecule has 0 fully saturated rings. The summed E-state index contributed by atoms with van der Waals surface area (Å²) in [7, 11) is 0. The second kappa shape index (κ2) is 6.55. The smallest absolute Gasteiger partial charge is 0.252 e. The minimum atomic E-state index is -0.961. The van der Waals surface area contributed by atoms with E-state index >= 15 is 0 Å². The van der Waals surface area contributed by atoms with Crippen LogP contribution in [0, 0.1) is 0 Å². The number of carbonyl (C=O) groups is 1. The predicted molar refractivity (Wildman–Crippen MR) is 73.3 cm³/mol. The quantitative estimate of drug-likeness (QED) is 0.869. The molecule has 0 aliphatic rings. The second-order valence-corrected chi connectivity index (χ2v) is 5.14. The lowest BCUT2D eigenvalue weighted by atomic mass is 10.1. The molecule has 0 aliphatic heterocycles. The van der Waals surface area contributed by atoms with Gasteiger partial charge in [0.2, 0.25) is 0 Å². The van der Waals surface area contributed by atoms with Crippen LogP contribution in [0.2, 0.25) is 0 Å². The maximum Gasteiger partial charge on any atom is 0.252 e. The van der Waals surface area contributed by atoms with E-state index in [9.17, 15) is 9.90 Å². The fourth-order valence-electron chi connectivity index (χ4n) is 2.20. The van der Waals surface area contributed by atoms with E-state index in [0.29, 0.717) is 6.42 Å². The van der Waals surface area contributed by atoms with E-state index in [-0.39, 0.29) is 18.0 Å². The van der Waals surface area contributed by atoms with Crippen LogP contribution in [0.4, 0.5) is 0 Å². The van der Waals surface area contributed by atoms with Crippen molar-refractivity contribution in [3.05, 3.63) is 35.9 Å². The largest absolute Gasteiger partial charge is 0.383 e. The number of nitrogens with zero attached hydrogens (tertiary/aromatic N) is 1. The van der Waals surface area contributed by atoms with Crippen LogP contribution in [0.5, 0.6) is 0 Å². The summed E-state index contributed by atoms with van der Waals surface area (Å²) in [6, 6.07) is 9.79. The van der Waals surface area contributed by atoms with Gasteiger partial charge in [0.1, 0.15) is 6.10 Å². The van der Waals surface area contributed by atoms with Crippen molar-refractivity contribution in [3.8, 4) is 0 Å². The van der Waals surface area contributed by atoms with Gasteiger partial charge in [0.05, 0.1) is 0 Å². The van der Waals surface area contributed by atoms with Crippen molar-refractivity contribution >= 4 is 5.91 Å². The Bertz CT molecular complexity index is 365. The van der Waals surface area contributed by atoms with E-state index in [2.05, 4.69) is 0 Å². The van der Waals surface area contributed by atoms with Crippen LogP contribution in [0.1, 0.15) is 33.3 Å². The van der Waals surface area contributed by atoms with Crippen molar-refractivity contribution < 1.29 is 9.90 Å². The summed E-state index contributed by atoms with van der Waals surface area (Å²) in [6.45, 7) is 7.86. The highest BCUT2D eigenvalue weighted by Gasteiger charge is 2.26. The molecule has 0 aliphatic carbocycles. The molecule has 1 atom stereocenters. The zero-order chi connectivity index (χ0) is 13.7. The normalized spacial score (nSPS) is 12.8. The maximum atomic E-state index is 12.2. The number of amides is 1. The molecule has 0 heterocycles. The Labute approximate surface area is 109 Å². The van der Waals surface area contributed by atoms with Crippen LogP contribution in [0.3, 0.4) is 0 Å². The summed E-state index contributed by atoms with van der Waals surface area (Å²) in [5, 5.41) is 10.0. The molecule has 0 saturated heterocycles. The molecule has 1 amide bonds. The predicted octanol–water partition coefficient (Wildman–Crippen LogP) is 2.24. The molecule has 1 N–H and O–H groups in total.